The molecule has 0 unspecified atom stereocenters. The second-order valence-corrected chi connectivity index (χ2v) is 5.60. The second-order valence-electron chi connectivity index (χ2n) is 5.60. The highest BCUT2D eigenvalue weighted by Crippen LogP contribution is 2.36. The fourth-order valence-corrected chi connectivity index (χ4v) is 2.59. The Morgan fingerprint density at radius 2 is 2.35 bits per heavy atom. The molecule has 1 saturated carbocycles. The van der Waals surface area contributed by atoms with E-state index in [2.05, 4.69) is 15.5 Å². The lowest BCUT2D eigenvalue weighted by molar-refractivity contribution is -0.0731. The molecule has 0 radical (unpaired) electrons. The van der Waals surface area contributed by atoms with Crippen LogP contribution in [0, 0.1) is 5.92 Å². The standard InChI is InChI=1S/C14H20N4O2/c1-10-8-18(9-13(20-10)11-4-5-11)14(19)15-7-12-3-2-6-16-17-12/h2-3,6,10-11,13H,4-5,7-9H2,1H3,(H,15,19)/t10-,13-/m0/s1. The number of hydrogen-bond acceptors (Lipinski definition) is 4. The first-order valence-corrected chi connectivity index (χ1v) is 7.17. The SMILES string of the molecule is C[C@H]1CN(C(=O)NCc2cccnn2)C[C@@H](C2CC2)O1. The van der Waals surface area contributed by atoms with Crippen LogP contribution in [0.15, 0.2) is 18.3 Å². The van der Waals surface area contributed by atoms with Gasteiger partial charge in [0.25, 0.3) is 0 Å². The lowest BCUT2D eigenvalue weighted by Gasteiger charge is -2.37. The topological polar surface area (TPSA) is 67.4 Å². The van der Waals surface area contributed by atoms with Crippen molar-refractivity contribution in [2.75, 3.05) is 13.1 Å². The molecular formula is C14H20N4O2. The molecule has 2 amide bonds. The average Bonchev–Trinajstić information content (AvgIpc) is 3.30. The molecule has 1 aliphatic heterocycles. The van der Waals surface area contributed by atoms with E-state index in [4.69, 9.17) is 4.74 Å². The van der Waals surface area contributed by atoms with E-state index in [0.717, 1.165) is 5.69 Å². The van der Waals surface area contributed by atoms with E-state index in [0.29, 0.717) is 25.6 Å². The number of hydrogen-bond donors (Lipinski definition) is 1. The van der Waals surface area contributed by atoms with Crippen molar-refractivity contribution in [3.63, 3.8) is 0 Å². The van der Waals surface area contributed by atoms with Crippen molar-refractivity contribution in [3.8, 4) is 0 Å². The maximum Gasteiger partial charge on any atom is 0.317 e. The molecule has 108 valence electrons. The Morgan fingerprint density at radius 3 is 3.05 bits per heavy atom. The van der Waals surface area contributed by atoms with Gasteiger partial charge in [-0.3, -0.25) is 0 Å². The Bertz CT molecular complexity index is 464. The van der Waals surface area contributed by atoms with Gasteiger partial charge in [0, 0.05) is 19.3 Å². The van der Waals surface area contributed by atoms with Crippen LogP contribution in [-0.2, 0) is 11.3 Å². The van der Waals surface area contributed by atoms with Crippen LogP contribution < -0.4 is 5.32 Å². The van der Waals surface area contributed by atoms with E-state index in [1.807, 2.05) is 24.0 Å². The molecule has 1 aromatic heterocycles. The number of aromatic nitrogens is 2. The summed E-state index contributed by atoms with van der Waals surface area (Å²) in [5, 5.41) is 10.6. The number of carbonyl (C=O) groups is 1. The molecule has 20 heavy (non-hydrogen) atoms. The van der Waals surface area contributed by atoms with Crippen molar-refractivity contribution in [1.29, 1.82) is 0 Å². The van der Waals surface area contributed by atoms with Crippen LogP contribution in [0.5, 0.6) is 0 Å². The van der Waals surface area contributed by atoms with Crippen LogP contribution in [0.25, 0.3) is 0 Å². The summed E-state index contributed by atoms with van der Waals surface area (Å²) in [5.41, 5.74) is 0.765. The number of morpholine rings is 1. The molecule has 1 aliphatic carbocycles. The summed E-state index contributed by atoms with van der Waals surface area (Å²) in [6.45, 7) is 3.78. The van der Waals surface area contributed by atoms with Crippen LogP contribution in [0.3, 0.4) is 0 Å². The van der Waals surface area contributed by atoms with Crippen molar-refractivity contribution < 1.29 is 9.53 Å². The maximum atomic E-state index is 12.2. The van der Waals surface area contributed by atoms with Crippen molar-refractivity contribution in [3.05, 3.63) is 24.0 Å². The van der Waals surface area contributed by atoms with Crippen molar-refractivity contribution in [1.82, 2.24) is 20.4 Å². The first kappa shape index (κ1) is 13.3. The lowest BCUT2D eigenvalue weighted by Crippen LogP contribution is -2.52. The number of ether oxygens (including phenoxy) is 1. The highest BCUT2D eigenvalue weighted by molar-refractivity contribution is 5.74. The van der Waals surface area contributed by atoms with Gasteiger partial charge in [0.1, 0.15) is 0 Å². The van der Waals surface area contributed by atoms with E-state index in [-0.39, 0.29) is 18.2 Å². The van der Waals surface area contributed by atoms with Crippen molar-refractivity contribution in [2.45, 2.75) is 38.5 Å². The zero-order valence-electron chi connectivity index (χ0n) is 11.7. The van der Waals surface area contributed by atoms with Gasteiger partial charge in [-0.1, -0.05) is 0 Å². The molecule has 0 spiro atoms. The van der Waals surface area contributed by atoms with E-state index in [1.165, 1.54) is 12.8 Å². The number of carbonyl (C=O) groups excluding carboxylic acids is 1. The van der Waals surface area contributed by atoms with Crippen LogP contribution in [-0.4, -0.2) is 46.4 Å². The molecule has 1 N–H and O–H groups in total. The maximum absolute atomic E-state index is 12.2. The Labute approximate surface area is 118 Å². The predicted octanol–water partition coefficient (Wildman–Crippen LogP) is 1.19. The number of nitrogens with one attached hydrogen (secondary N) is 1. The van der Waals surface area contributed by atoms with E-state index in [1.54, 1.807) is 6.20 Å². The molecule has 1 aromatic rings. The summed E-state index contributed by atoms with van der Waals surface area (Å²) in [5.74, 6) is 0.646. The Morgan fingerprint density at radius 1 is 1.50 bits per heavy atom. The molecule has 0 bridgehead atoms. The van der Waals surface area contributed by atoms with Crippen LogP contribution in [0.4, 0.5) is 4.79 Å². The third kappa shape index (κ3) is 3.25. The normalized spacial score (nSPS) is 26.4. The largest absolute Gasteiger partial charge is 0.371 e. The summed E-state index contributed by atoms with van der Waals surface area (Å²) >= 11 is 0. The quantitative estimate of drug-likeness (QED) is 0.900. The smallest absolute Gasteiger partial charge is 0.317 e. The Balaban J connectivity index is 1.53. The third-order valence-electron chi connectivity index (χ3n) is 3.77. The summed E-state index contributed by atoms with van der Waals surface area (Å²) in [7, 11) is 0. The Hall–Kier alpha value is -1.69. The number of rotatable bonds is 3. The van der Waals surface area contributed by atoms with Gasteiger partial charge in [-0.15, -0.1) is 0 Å². The lowest BCUT2D eigenvalue weighted by atomic mass is 10.1. The average molecular weight is 276 g/mol. The second kappa shape index (κ2) is 5.75. The van der Waals surface area contributed by atoms with Crippen molar-refractivity contribution >= 4 is 6.03 Å². The molecule has 6 heteroatoms. The third-order valence-corrected chi connectivity index (χ3v) is 3.77. The van der Waals surface area contributed by atoms with Crippen molar-refractivity contribution in [2.24, 2.45) is 5.92 Å². The summed E-state index contributed by atoms with van der Waals surface area (Å²) in [4.78, 5) is 14.1. The van der Waals surface area contributed by atoms with Gasteiger partial charge in [0.15, 0.2) is 0 Å². The molecule has 2 fully saturated rings. The first-order valence-electron chi connectivity index (χ1n) is 7.17. The van der Waals surface area contributed by atoms with Gasteiger partial charge >= 0.3 is 6.03 Å². The number of urea groups is 1. The molecule has 1 saturated heterocycles. The fourth-order valence-electron chi connectivity index (χ4n) is 2.59. The number of amides is 2. The summed E-state index contributed by atoms with van der Waals surface area (Å²) in [6.07, 6.45) is 4.39. The molecular weight excluding hydrogens is 256 g/mol. The highest BCUT2D eigenvalue weighted by atomic mass is 16.5. The first-order chi connectivity index (χ1) is 9.72. The van der Waals surface area contributed by atoms with Gasteiger partial charge in [-0.25, -0.2) is 4.79 Å². The molecule has 0 aromatic carbocycles. The number of nitrogens with zero attached hydrogens (tertiary/aromatic N) is 3. The predicted molar refractivity (Wildman–Crippen MR) is 72.9 cm³/mol. The van der Waals surface area contributed by atoms with Crippen LogP contribution >= 0.6 is 0 Å². The van der Waals surface area contributed by atoms with Gasteiger partial charge in [-0.2, -0.15) is 10.2 Å². The van der Waals surface area contributed by atoms with Crippen LogP contribution in [0.2, 0.25) is 0 Å². The molecule has 2 atom stereocenters. The van der Waals surface area contributed by atoms with E-state index in [9.17, 15) is 4.79 Å². The zero-order valence-corrected chi connectivity index (χ0v) is 11.7. The van der Waals surface area contributed by atoms with Gasteiger partial charge in [0.2, 0.25) is 0 Å². The minimum absolute atomic E-state index is 0.0450. The highest BCUT2D eigenvalue weighted by Gasteiger charge is 2.38. The van der Waals surface area contributed by atoms with E-state index < -0.39 is 0 Å². The summed E-state index contributed by atoms with van der Waals surface area (Å²) in [6, 6.07) is 3.62. The molecule has 6 nitrogen and oxygen atoms in total. The zero-order chi connectivity index (χ0) is 13.9. The molecule has 2 heterocycles. The molecule has 3 rings (SSSR count). The van der Waals surface area contributed by atoms with Crippen LogP contribution in [0.1, 0.15) is 25.5 Å². The monoisotopic (exact) mass is 276 g/mol. The Kier molecular flexibility index (Phi) is 3.82. The fraction of sp³-hybridized carbons (Fsp3) is 0.643. The minimum atomic E-state index is -0.0450. The minimum Gasteiger partial charge on any atom is -0.371 e. The van der Waals surface area contributed by atoms with Gasteiger partial charge in [0.05, 0.1) is 24.4 Å². The van der Waals surface area contributed by atoms with Gasteiger partial charge in [-0.05, 0) is 37.8 Å². The van der Waals surface area contributed by atoms with E-state index >= 15 is 0 Å². The molecule has 2 aliphatic rings. The summed E-state index contributed by atoms with van der Waals surface area (Å²) < 4.78 is 5.91. The van der Waals surface area contributed by atoms with Gasteiger partial charge < -0.3 is 15.0 Å².